The lowest BCUT2D eigenvalue weighted by molar-refractivity contribution is 0.177. The number of piperidine rings is 1. The molecule has 0 spiro atoms. The van der Waals surface area contributed by atoms with Crippen LogP contribution in [0.2, 0.25) is 0 Å². The van der Waals surface area contributed by atoms with Gasteiger partial charge in [-0.05, 0) is 61.9 Å². The lowest BCUT2D eigenvalue weighted by Crippen LogP contribution is -2.34. The predicted molar refractivity (Wildman–Crippen MR) is 85.5 cm³/mol. The molecule has 1 aliphatic rings. The van der Waals surface area contributed by atoms with Crippen LogP contribution in [0.25, 0.3) is 0 Å². The van der Waals surface area contributed by atoms with Crippen LogP contribution in [-0.4, -0.2) is 31.1 Å². The molecule has 1 saturated heterocycles. The molecular weight excluding hydrogens is 246 g/mol. The number of rotatable bonds is 6. The molecule has 1 aliphatic heterocycles. The molecule has 2 nitrogen and oxygen atoms in total. The monoisotopic (exact) mass is 275 g/mol. The molecular formula is C18H29NO. The Kier molecular flexibility index (Phi) is 5.90. The first-order valence-electron chi connectivity index (χ1n) is 8.10. The van der Waals surface area contributed by atoms with E-state index in [2.05, 4.69) is 49.9 Å². The summed E-state index contributed by atoms with van der Waals surface area (Å²) >= 11 is 0. The van der Waals surface area contributed by atoms with Crippen molar-refractivity contribution in [2.75, 3.05) is 26.2 Å². The fourth-order valence-corrected chi connectivity index (χ4v) is 2.71. The summed E-state index contributed by atoms with van der Waals surface area (Å²) < 4.78 is 5.83. The Hall–Kier alpha value is -1.02. The summed E-state index contributed by atoms with van der Waals surface area (Å²) in [5.41, 5.74) is 1.37. The Morgan fingerprint density at radius 3 is 2.40 bits per heavy atom. The van der Waals surface area contributed by atoms with E-state index < -0.39 is 0 Å². The van der Waals surface area contributed by atoms with E-state index in [1.165, 1.54) is 38.0 Å². The van der Waals surface area contributed by atoms with Crippen LogP contribution in [0.3, 0.4) is 0 Å². The lowest BCUT2D eigenvalue weighted by Gasteiger charge is -2.30. The van der Waals surface area contributed by atoms with Crippen molar-refractivity contribution in [1.82, 2.24) is 4.90 Å². The van der Waals surface area contributed by atoms with Crippen molar-refractivity contribution in [2.24, 2.45) is 5.92 Å². The molecule has 0 radical (unpaired) electrons. The summed E-state index contributed by atoms with van der Waals surface area (Å²) in [6, 6.07) is 8.54. The fraction of sp³-hybridized carbons (Fsp3) is 0.667. The van der Waals surface area contributed by atoms with Gasteiger partial charge in [0.2, 0.25) is 0 Å². The topological polar surface area (TPSA) is 12.5 Å². The van der Waals surface area contributed by atoms with Crippen molar-refractivity contribution in [3.8, 4) is 5.75 Å². The summed E-state index contributed by atoms with van der Waals surface area (Å²) in [6.07, 6.45) is 3.84. The van der Waals surface area contributed by atoms with Gasteiger partial charge in [-0.15, -0.1) is 0 Å². The highest BCUT2D eigenvalue weighted by molar-refractivity contribution is 5.28. The Morgan fingerprint density at radius 1 is 1.15 bits per heavy atom. The molecule has 1 aromatic carbocycles. The number of benzene rings is 1. The van der Waals surface area contributed by atoms with Crippen LogP contribution in [0.1, 0.15) is 51.5 Å². The van der Waals surface area contributed by atoms with Crippen molar-refractivity contribution in [3.05, 3.63) is 29.8 Å². The van der Waals surface area contributed by atoms with E-state index in [0.717, 1.165) is 24.7 Å². The van der Waals surface area contributed by atoms with Crippen molar-refractivity contribution < 1.29 is 4.74 Å². The number of ether oxygens (including phenoxy) is 1. The molecule has 1 aromatic rings. The second kappa shape index (κ2) is 7.68. The highest BCUT2D eigenvalue weighted by Gasteiger charge is 2.14. The Bertz CT molecular complexity index is 377. The lowest BCUT2D eigenvalue weighted by atomic mass is 9.99. The molecule has 0 atom stereocenters. The zero-order valence-corrected chi connectivity index (χ0v) is 13.3. The van der Waals surface area contributed by atoms with Gasteiger partial charge >= 0.3 is 0 Å². The number of hydrogen-bond acceptors (Lipinski definition) is 2. The summed E-state index contributed by atoms with van der Waals surface area (Å²) in [5, 5.41) is 0. The molecule has 0 amide bonds. The van der Waals surface area contributed by atoms with Gasteiger partial charge in [-0.3, -0.25) is 0 Å². The third kappa shape index (κ3) is 4.82. The van der Waals surface area contributed by atoms with Gasteiger partial charge in [0.15, 0.2) is 0 Å². The molecule has 0 saturated carbocycles. The van der Waals surface area contributed by atoms with Crippen LogP contribution in [0.4, 0.5) is 0 Å². The SMILES string of the molecule is CC1CCN(CCCOc2ccc(C(C)C)cc2)CC1. The van der Waals surface area contributed by atoms with Gasteiger partial charge in [0, 0.05) is 6.54 Å². The second-order valence-electron chi connectivity index (χ2n) is 6.45. The average Bonchev–Trinajstić information content (AvgIpc) is 2.46. The zero-order valence-electron chi connectivity index (χ0n) is 13.3. The van der Waals surface area contributed by atoms with Crippen LogP contribution in [0, 0.1) is 5.92 Å². The van der Waals surface area contributed by atoms with Gasteiger partial charge in [0.05, 0.1) is 6.61 Å². The minimum Gasteiger partial charge on any atom is -0.494 e. The normalized spacial score (nSPS) is 17.6. The largest absolute Gasteiger partial charge is 0.494 e. The highest BCUT2D eigenvalue weighted by Crippen LogP contribution is 2.19. The minimum atomic E-state index is 0.588. The Balaban J connectivity index is 1.63. The molecule has 0 aromatic heterocycles. The van der Waals surface area contributed by atoms with Crippen molar-refractivity contribution in [1.29, 1.82) is 0 Å². The van der Waals surface area contributed by atoms with E-state index >= 15 is 0 Å². The van der Waals surface area contributed by atoms with Gasteiger partial charge in [0.25, 0.3) is 0 Å². The number of likely N-dealkylation sites (tertiary alicyclic amines) is 1. The van der Waals surface area contributed by atoms with E-state index in [-0.39, 0.29) is 0 Å². The first kappa shape index (κ1) is 15.4. The first-order chi connectivity index (χ1) is 9.65. The number of hydrogen-bond donors (Lipinski definition) is 0. The maximum atomic E-state index is 5.83. The molecule has 20 heavy (non-hydrogen) atoms. The van der Waals surface area contributed by atoms with Gasteiger partial charge in [0.1, 0.15) is 5.75 Å². The van der Waals surface area contributed by atoms with Crippen LogP contribution in [0.5, 0.6) is 5.75 Å². The summed E-state index contributed by atoms with van der Waals surface area (Å²) in [6.45, 7) is 11.3. The molecule has 1 heterocycles. The number of nitrogens with zero attached hydrogens (tertiary/aromatic N) is 1. The van der Waals surface area contributed by atoms with Gasteiger partial charge in [-0.1, -0.05) is 32.9 Å². The van der Waals surface area contributed by atoms with Crippen molar-refractivity contribution in [3.63, 3.8) is 0 Å². The maximum absolute atomic E-state index is 5.83. The Morgan fingerprint density at radius 2 is 1.80 bits per heavy atom. The highest BCUT2D eigenvalue weighted by atomic mass is 16.5. The van der Waals surface area contributed by atoms with Gasteiger partial charge < -0.3 is 9.64 Å². The second-order valence-corrected chi connectivity index (χ2v) is 6.45. The van der Waals surface area contributed by atoms with Crippen molar-refractivity contribution >= 4 is 0 Å². The standard InChI is InChI=1S/C18H29NO/c1-15(2)17-5-7-18(8-6-17)20-14-4-11-19-12-9-16(3)10-13-19/h5-8,15-16H,4,9-14H2,1-3H3. The third-order valence-electron chi connectivity index (χ3n) is 4.31. The van der Waals surface area contributed by atoms with Gasteiger partial charge in [-0.2, -0.15) is 0 Å². The van der Waals surface area contributed by atoms with E-state index in [4.69, 9.17) is 4.74 Å². The van der Waals surface area contributed by atoms with E-state index in [1.807, 2.05) is 0 Å². The molecule has 1 fully saturated rings. The fourth-order valence-electron chi connectivity index (χ4n) is 2.71. The van der Waals surface area contributed by atoms with E-state index in [1.54, 1.807) is 0 Å². The Labute approximate surface area is 124 Å². The molecule has 2 rings (SSSR count). The minimum absolute atomic E-state index is 0.588. The van der Waals surface area contributed by atoms with E-state index in [0.29, 0.717) is 5.92 Å². The smallest absolute Gasteiger partial charge is 0.119 e. The average molecular weight is 275 g/mol. The molecule has 0 N–H and O–H groups in total. The summed E-state index contributed by atoms with van der Waals surface area (Å²) in [5.74, 6) is 2.51. The molecule has 112 valence electrons. The van der Waals surface area contributed by atoms with E-state index in [9.17, 15) is 0 Å². The molecule has 0 unspecified atom stereocenters. The molecule has 2 heteroatoms. The third-order valence-corrected chi connectivity index (χ3v) is 4.31. The summed E-state index contributed by atoms with van der Waals surface area (Å²) in [4.78, 5) is 2.57. The summed E-state index contributed by atoms with van der Waals surface area (Å²) in [7, 11) is 0. The van der Waals surface area contributed by atoms with Crippen LogP contribution < -0.4 is 4.74 Å². The van der Waals surface area contributed by atoms with Crippen LogP contribution >= 0.6 is 0 Å². The zero-order chi connectivity index (χ0) is 14.4. The first-order valence-corrected chi connectivity index (χ1v) is 8.10. The maximum Gasteiger partial charge on any atom is 0.119 e. The van der Waals surface area contributed by atoms with Crippen LogP contribution in [-0.2, 0) is 0 Å². The van der Waals surface area contributed by atoms with Crippen LogP contribution in [0.15, 0.2) is 24.3 Å². The van der Waals surface area contributed by atoms with Gasteiger partial charge in [-0.25, -0.2) is 0 Å². The van der Waals surface area contributed by atoms with Crippen molar-refractivity contribution in [2.45, 2.75) is 46.0 Å². The molecule has 0 aliphatic carbocycles. The predicted octanol–water partition coefficient (Wildman–Crippen LogP) is 4.31. The quantitative estimate of drug-likeness (QED) is 0.717. The molecule has 0 bridgehead atoms.